The molecule has 1 saturated carbocycles. The molecule has 2 aromatic heterocycles. The summed E-state index contributed by atoms with van der Waals surface area (Å²) in [5, 5.41) is 3.72. The molecule has 2 fully saturated rings. The predicted octanol–water partition coefficient (Wildman–Crippen LogP) is 2.86. The van der Waals surface area contributed by atoms with Gasteiger partial charge in [0.25, 0.3) is 11.8 Å². The van der Waals surface area contributed by atoms with Crippen molar-refractivity contribution in [2.75, 3.05) is 53.3 Å². The molecule has 1 unspecified atom stereocenters. The number of piperazine rings is 1. The number of anilines is 3. The summed E-state index contributed by atoms with van der Waals surface area (Å²) < 4.78 is 59.6. The van der Waals surface area contributed by atoms with Crippen molar-refractivity contribution in [1.82, 2.24) is 15.0 Å². The highest BCUT2D eigenvalue weighted by Gasteiger charge is 2.59. The van der Waals surface area contributed by atoms with Gasteiger partial charge in [0.2, 0.25) is 0 Å². The number of rotatable bonds is 5. The fraction of sp³-hybridized carbons (Fsp3) is 0.375. The van der Waals surface area contributed by atoms with E-state index in [1.54, 1.807) is 23.1 Å². The summed E-state index contributed by atoms with van der Waals surface area (Å²) in [6.45, 7) is 2.06. The number of carbonyl (C=O) groups excluding carboxylic acids is 1. The van der Waals surface area contributed by atoms with Crippen LogP contribution in [0.1, 0.15) is 16.9 Å². The molecule has 0 radical (unpaired) electrons. The fourth-order valence-electron chi connectivity index (χ4n) is 4.78. The second kappa shape index (κ2) is 8.40. The monoisotopic (exact) mass is 530 g/mol. The van der Waals surface area contributed by atoms with Crippen LogP contribution >= 0.6 is 0 Å². The maximum atomic E-state index is 13.5. The quantitative estimate of drug-likeness (QED) is 0.500. The molecule has 3 aromatic rings. The van der Waals surface area contributed by atoms with E-state index in [0.29, 0.717) is 37.6 Å². The summed E-state index contributed by atoms with van der Waals surface area (Å²) >= 11 is 0. The predicted molar refractivity (Wildman–Crippen MR) is 132 cm³/mol. The third kappa shape index (κ3) is 4.06. The van der Waals surface area contributed by atoms with Crippen molar-refractivity contribution in [3.8, 4) is 11.3 Å². The number of benzene rings is 1. The summed E-state index contributed by atoms with van der Waals surface area (Å²) in [5.74, 6) is -3.75. The lowest BCUT2D eigenvalue weighted by Gasteiger charge is -2.35. The van der Waals surface area contributed by atoms with Gasteiger partial charge in [0.05, 0.1) is 11.4 Å². The van der Waals surface area contributed by atoms with Gasteiger partial charge in [0, 0.05) is 69.4 Å². The van der Waals surface area contributed by atoms with E-state index in [2.05, 4.69) is 15.0 Å². The molecule has 3 aliphatic rings. The van der Waals surface area contributed by atoms with Gasteiger partial charge in [0.15, 0.2) is 11.5 Å². The number of halogens is 2. The van der Waals surface area contributed by atoms with Crippen LogP contribution in [0.2, 0.25) is 0 Å². The topological polar surface area (TPSA) is 103 Å². The van der Waals surface area contributed by atoms with Gasteiger partial charge >= 0.3 is 10.2 Å². The van der Waals surface area contributed by atoms with Gasteiger partial charge in [-0.05, 0) is 24.3 Å². The Morgan fingerprint density at radius 1 is 1.14 bits per heavy atom. The van der Waals surface area contributed by atoms with Crippen molar-refractivity contribution in [3.05, 3.63) is 54.4 Å². The third-order valence-electron chi connectivity index (χ3n) is 7.12. The average Bonchev–Trinajstić information content (AvgIpc) is 3.22. The van der Waals surface area contributed by atoms with Crippen LogP contribution in [0.5, 0.6) is 0 Å². The first kappa shape index (κ1) is 23.6. The Morgan fingerprint density at radius 2 is 1.89 bits per heavy atom. The highest BCUT2D eigenvalue weighted by molar-refractivity contribution is 7.94. The van der Waals surface area contributed by atoms with Crippen molar-refractivity contribution in [2.45, 2.75) is 12.3 Å². The second-order valence-electron chi connectivity index (χ2n) is 9.42. The minimum Gasteiger partial charge on any atom is -0.368 e. The standard InChI is InChI=1S/C24H24F2N6O4S/c1-29-22-21(32(37(29,34)35)15-17-14-24(17,25)26)6-5-19(27-22)16-3-2-4-18(13-16)30-8-10-31(11-9-30)23(33)20-7-12-36-28-20/h2-7,12-13,17H,8-11,14-15H2,1H3. The van der Waals surface area contributed by atoms with Gasteiger partial charge in [-0.15, -0.1) is 0 Å². The van der Waals surface area contributed by atoms with Crippen LogP contribution in [0, 0.1) is 5.92 Å². The molecule has 10 nitrogen and oxygen atoms in total. The van der Waals surface area contributed by atoms with Crippen molar-refractivity contribution < 1.29 is 26.5 Å². The Kier molecular flexibility index (Phi) is 5.37. The highest BCUT2D eigenvalue weighted by Crippen LogP contribution is 2.51. The van der Waals surface area contributed by atoms with E-state index in [-0.39, 0.29) is 30.4 Å². The SMILES string of the molecule is CN1c2nc(-c3cccc(N4CCN(C(=O)c5ccon5)CC4)c3)ccc2N(CC2CC2(F)F)S1(=O)=O. The molecule has 13 heteroatoms. The van der Waals surface area contributed by atoms with E-state index in [4.69, 9.17) is 4.52 Å². The van der Waals surface area contributed by atoms with Gasteiger partial charge in [-0.2, -0.15) is 8.42 Å². The van der Waals surface area contributed by atoms with Gasteiger partial charge in [0.1, 0.15) is 6.26 Å². The molecule has 6 rings (SSSR count). The van der Waals surface area contributed by atoms with E-state index in [9.17, 15) is 22.0 Å². The molecule has 37 heavy (non-hydrogen) atoms. The summed E-state index contributed by atoms with van der Waals surface area (Å²) in [7, 11) is -2.58. The summed E-state index contributed by atoms with van der Waals surface area (Å²) in [6.07, 6.45) is 1.07. The second-order valence-corrected chi connectivity index (χ2v) is 11.3. The van der Waals surface area contributed by atoms with Crippen LogP contribution in [0.15, 0.2) is 53.3 Å². The number of aromatic nitrogens is 2. The summed E-state index contributed by atoms with van der Waals surface area (Å²) in [4.78, 5) is 21.0. The number of alkyl halides is 2. The largest absolute Gasteiger partial charge is 0.368 e. The summed E-state index contributed by atoms with van der Waals surface area (Å²) in [5.41, 5.74) is 2.90. The zero-order valence-corrected chi connectivity index (χ0v) is 20.7. The number of pyridine rings is 1. The maximum absolute atomic E-state index is 13.5. The number of carbonyl (C=O) groups is 1. The smallest absolute Gasteiger partial charge is 0.327 e. The molecule has 1 amide bonds. The van der Waals surface area contributed by atoms with Crippen LogP contribution in [-0.2, 0) is 10.2 Å². The van der Waals surface area contributed by atoms with Crippen LogP contribution in [0.4, 0.5) is 26.0 Å². The van der Waals surface area contributed by atoms with E-state index in [1.807, 2.05) is 24.3 Å². The van der Waals surface area contributed by atoms with Gasteiger partial charge in [-0.25, -0.2) is 22.4 Å². The fourth-order valence-corrected chi connectivity index (χ4v) is 6.19. The van der Waals surface area contributed by atoms with E-state index >= 15 is 0 Å². The normalized spacial score (nSPS) is 21.8. The molecule has 1 saturated heterocycles. The highest BCUT2D eigenvalue weighted by atomic mass is 32.2. The Balaban J connectivity index is 1.20. The first-order chi connectivity index (χ1) is 17.6. The van der Waals surface area contributed by atoms with Crippen LogP contribution < -0.4 is 13.5 Å². The van der Waals surface area contributed by atoms with Crippen molar-refractivity contribution in [3.63, 3.8) is 0 Å². The average molecular weight is 531 g/mol. The lowest BCUT2D eigenvalue weighted by atomic mass is 10.1. The van der Waals surface area contributed by atoms with Crippen molar-refractivity contribution in [1.29, 1.82) is 0 Å². The van der Waals surface area contributed by atoms with Crippen LogP contribution in [-0.4, -0.2) is 75.1 Å². The number of amides is 1. The van der Waals surface area contributed by atoms with Crippen LogP contribution in [0.3, 0.4) is 0 Å². The van der Waals surface area contributed by atoms with E-state index in [0.717, 1.165) is 19.9 Å². The Morgan fingerprint density at radius 3 is 2.57 bits per heavy atom. The third-order valence-corrected chi connectivity index (χ3v) is 8.89. The maximum Gasteiger partial charge on any atom is 0.327 e. The molecular weight excluding hydrogens is 506 g/mol. The Hall–Kier alpha value is -3.74. The lowest BCUT2D eigenvalue weighted by Crippen LogP contribution is -2.48. The number of fused-ring (bicyclic) bond motifs is 1. The zero-order valence-electron chi connectivity index (χ0n) is 19.9. The molecule has 1 aliphatic carbocycles. The lowest BCUT2D eigenvalue weighted by molar-refractivity contribution is 0.0736. The molecule has 0 bridgehead atoms. The molecule has 194 valence electrons. The Labute approximate surface area is 212 Å². The van der Waals surface area contributed by atoms with Crippen molar-refractivity contribution >= 4 is 33.3 Å². The molecule has 0 N–H and O–H groups in total. The molecule has 2 aliphatic heterocycles. The zero-order chi connectivity index (χ0) is 25.9. The van der Waals surface area contributed by atoms with Gasteiger partial charge < -0.3 is 14.3 Å². The number of nitrogens with zero attached hydrogens (tertiary/aromatic N) is 6. The van der Waals surface area contributed by atoms with E-state index in [1.165, 1.54) is 13.3 Å². The first-order valence-electron chi connectivity index (χ1n) is 11.9. The minimum atomic E-state index is -3.96. The molecule has 1 aromatic carbocycles. The number of hydrogen-bond donors (Lipinski definition) is 0. The van der Waals surface area contributed by atoms with Gasteiger partial charge in [-0.3, -0.25) is 4.79 Å². The van der Waals surface area contributed by atoms with Gasteiger partial charge in [-0.1, -0.05) is 17.3 Å². The molecule has 4 heterocycles. The van der Waals surface area contributed by atoms with Crippen molar-refractivity contribution in [2.24, 2.45) is 5.92 Å². The minimum absolute atomic E-state index is 0.164. The van der Waals surface area contributed by atoms with E-state index < -0.39 is 22.0 Å². The van der Waals surface area contributed by atoms with Crippen LogP contribution in [0.25, 0.3) is 11.3 Å². The molecule has 1 atom stereocenters. The molecule has 0 spiro atoms. The first-order valence-corrected chi connectivity index (χ1v) is 13.3. The Bertz CT molecular complexity index is 1460. The number of hydrogen-bond acceptors (Lipinski definition) is 7. The summed E-state index contributed by atoms with van der Waals surface area (Å²) in [6, 6.07) is 12.6. The molecular formula is C24H24F2N6O4S.